The smallest absolute Gasteiger partial charge is 0.419 e. The third kappa shape index (κ3) is 2.90. The number of para-hydroxylation sites is 1. The van der Waals surface area contributed by atoms with E-state index < -0.39 is 17.6 Å². The average molecular weight is 310 g/mol. The Kier molecular flexibility index (Phi) is 3.52. The molecule has 3 rings (SSSR count). The van der Waals surface area contributed by atoms with E-state index in [1.165, 1.54) is 36.4 Å². The standard InChI is InChI=1S/C16H10F4O2/c17-11-6-5-10-7-12(22-15(10)8-11)9-21-14-4-2-1-3-13(14)16(18,19)20/h1-8H,9H2. The van der Waals surface area contributed by atoms with E-state index >= 15 is 0 Å². The van der Waals surface area contributed by atoms with Crippen LogP contribution in [0.2, 0.25) is 0 Å². The Balaban J connectivity index is 1.82. The van der Waals surface area contributed by atoms with Crippen LogP contribution in [-0.2, 0) is 12.8 Å². The molecule has 0 saturated carbocycles. The summed E-state index contributed by atoms with van der Waals surface area (Å²) in [6.07, 6.45) is -4.49. The number of hydrogen-bond acceptors (Lipinski definition) is 2. The Labute approximate surface area is 122 Å². The highest BCUT2D eigenvalue weighted by Gasteiger charge is 2.34. The van der Waals surface area contributed by atoms with E-state index in [0.717, 1.165) is 6.07 Å². The van der Waals surface area contributed by atoms with E-state index in [4.69, 9.17) is 9.15 Å². The lowest BCUT2D eigenvalue weighted by atomic mass is 10.2. The van der Waals surface area contributed by atoms with E-state index in [1.807, 2.05) is 0 Å². The van der Waals surface area contributed by atoms with Gasteiger partial charge in [-0.25, -0.2) is 4.39 Å². The van der Waals surface area contributed by atoms with Crippen LogP contribution in [0.4, 0.5) is 17.6 Å². The van der Waals surface area contributed by atoms with Gasteiger partial charge in [0.05, 0.1) is 5.56 Å². The highest BCUT2D eigenvalue weighted by molar-refractivity contribution is 5.77. The van der Waals surface area contributed by atoms with Crippen molar-refractivity contribution >= 4 is 11.0 Å². The summed E-state index contributed by atoms with van der Waals surface area (Å²) in [6, 6.07) is 10.6. The molecule has 22 heavy (non-hydrogen) atoms. The molecule has 6 heteroatoms. The van der Waals surface area contributed by atoms with E-state index in [1.54, 1.807) is 6.07 Å². The number of furan rings is 1. The van der Waals surface area contributed by atoms with Crippen molar-refractivity contribution in [1.29, 1.82) is 0 Å². The zero-order chi connectivity index (χ0) is 15.7. The Hall–Kier alpha value is -2.50. The summed E-state index contributed by atoms with van der Waals surface area (Å²) in [5.41, 5.74) is -0.528. The second kappa shape index (κ2) is 5.36. The molecular formula is C16H10F4O2. The molecule has 114 valence electrons. The first-order chi connectivity index (χ1) is 10.4. The minimum Gasteiger partial charge on any atom is -0.485 e. The number of halogens is 4. The minimum absolute atomic E-state index is 0.177. The lowest BCUT2D eigenvalue weighted by Crippen LogP contribution is -2.08. The number of alkyl halides is 3. The van der Waals surface area contributed by atoms with E-state index in [2.05, 4.69) is 0 Å². The average Bonchev–Trinajstić information content (AvgIpc) is 2.86. The first-order valence-electron chi connectivity index (χ1n) is 6.40. The fourth-order valence-corrected chi connectivity index (χ4v) is 2.11. The maximum atomic E-state index is 13.1. The van der Waals surface area contributed by atoms with Gasteiger partial charge in [-0.05, 0) is 30.3 Å². The number of fused-ring (bicyclic) bond motifs is 1. The van der Waals surface area contributed by atoms with E-state index in [-0.39, 0.29) is 12.4 Å². The molecule has 1 aromatic heterocycles. The molecule has 0 aliphatic rings. The van der Waals surface area contributed by atoms with Crippen LogP contribution in [0.3, 0.4) is 0 Å². The van der Waals surface area contributed by atoms with Crippen LogP contribution in [0, 0.1) is 5.82 Å². The Bertz CT molecular complexity index is 805. The van der Waals surface area contributed by atoms with Crippen LogP contribution in [0.1, 0.15) is 11.3 Å². The highest BCUT2D eigenvalue weighted by atomic mass is 19.4. The zero-order valence-corrected chi connectivity index (χ0v) is 11.2. The first kappa shape index (κ1) is 14.4. The van der Waals surface area contributed by atoms with Crippen LogP contribution in [0.5, 0.6) is 5.75 Å². The third-order valence-corrected chi connectivity index (χ3v) is 3.10. The molecule has 0 amide bonds. The predicted molar refractivity (Wildman–Crippen MR) is 71.9 cm³/mol. The quantitative estimate of drug-likeness (QED) is 0.623. The maximum absolute atomic E-state index is 13.1. The lowest BCUT2D eigenvalue weighted by Gasteiger charge is -2.12. The van der Waals surface area contributed by atoms with Crippen LogP contribution in [0.25, 0.3) is 11.0 Å². The monoisotopic (exact) mass is 310 g/mol. The molecule has 0 aliphatic carbocycles. The second-order valence-electron chi connectivity index (χ2n) is 4.68. The predicted octanol–water partition coefficient (Wildman–Crippen LogP) is 5.17. The Morgan fingerprint density at radius 3 is 2.55 bits per heavy atom. The summed E-state index contributed by atoms with van der Waals surface area (Å²) in [6.45, 7) is -0.177. The van der Waals surface area contributed by atoms with Gasteiger partial charge >= 0.3 is 6.18 Å². The van der Waals surface area contributed by atoms with Crippen molar-refractivity contribution in [1.82, 2.24) is 0 Å². The molecule has 0 unspecified atom stereocenters. The fourth-order valence-electron chi connectivity index (χ4n) is 2.11. The van der Waals surface area contributed by atoms with E-state index in [9.17, 15) is 17.6 Å². The lowest BCUT2D eigenvalue weighted by molar-refractivity contribution is -0.139. The molecule has 0 atom stereocenters. The highest BCUT2D eigenvalue weighted by Crippen LogP contribution is 2.36. The topological polar surface area (TPSA) is 22.4 Å². The van der Waals surface area contributed by atoms with Crippen LogP contribution in [-0.4, -0.2) is 0 Å². The molecule has 0 fully saturated rings. The summed E-state index contributed by atoms with van der Waals surface area (Å²) < 4.78 is 62.1. The molecule has 1 heterocycles. The van der Waals surface area contributed by atoms with Crippen LogP contribution < -0.4 is 4.74 Å². The van der Waals surface area contributed by atoms with Crippen molar-refractivity contribution in [3.05, 3.63) is 65.7 Å². The normalized spacial score (nSPS) is 11.8. The van der Waals surface area contributed by atoms with Gasteiger partial charge in [0.2, 0.25) is 0 Å². The SMILES string of the molecule is Fc1ccc2cc(COc3ccccc3C(F)(F)F)oc2c1. The minimum atomic E-state index is -4.49. The van der Waals surface area contributed by atoms with Gasteiger partial charge < -0.3 is 9.15 Å². The van der Waals surface area contributed by atoms with Gasteiger partial charge in [0.25, 0.3) is 0 Å². The summed E-state index contributed by atoms with van der Waals surface area (Å²) in [4.78, 5) is 0. The second-order valence-corrected chi connectivity index (χ2v) is 4.68. The number of rotatable bonds is 3. The molecule has 0 aliphatic heterocycles. The molecule has 3 aromatic rings. The van der Waals surface area contributed by atoms with Crippen molar-refractivity contribution in [3.63, 3.8) is 0 Å². The van der Waals surface area contributed by atoms with Crippen molar-refractivity contribution in [2.75, 3.05) is 0 Å². The summed E-state index contributed by atoms with van der Waals surface area (Å²) in [7, 11) is 0. The van der Waals surface area contributed by atoms with Gasteiger partial charge in [-0.1, -0.05) is 12.1 Å². The van der Waals surface area contributed by atoms with Gasteiger partial charge in [-0.3, -0.25) is 0 Å². The molecule has 0 spiro atoms. The molecule has 2 aromatic carbocycles. The van der Waals surface area contributed by atoms with Gasteiger partial charge in [-0.15, -0.1) is 0 Å². The largest absolute Gasteiger partial charge is 0.485 e. The van der Waals surface area contributed by atoms with Crippen molar-refractivity contribution in [2.45, 2.75) is 12.8 Å². The number of benzene rings is 2. The summed E-state index contributed by atoms with van der Waals surface area (Å²) in [5, 5.41) is 0.657. The molecule has 0 N–H and O–H groups in total. The van der Waals surface area contributed by atoms with Crippen molar-refractivity contribution in [3.8, 4) is 5.75 Å². The Morgan fingerprint density at radius 2 is 1.77 bits per heavy atom. The number of hydrogen-bond donors (Lipinski definition) is 0. The van der Waals surface area contributed by atoms with Gasteiger partial charge in [0.15, 0.2) is 0 Å². The third-order valence-electron chi connectivity index (χ3n) is 3.10. The fraction of sp³-hybridized carbons (Fsp3) is 0.125. The Morgan fingerprint density at radius 1 is 1.00 bits per heavy atom. The molecule has 0 saturated heterocycles. The van der Waals surface area contributed by atoms with Crippen molar-refractivity contribution in [2.24, 2.45) is 0 Å². The molecular weight excluding hydrogens is 300 g/mol. The summed E-state index contributed by atoms with van der Waals surface area (Å²) in [5.74, 6) is -0.407. The zero-order valence-electron chi connectivity index (χ0n) is 11.2. The van der Waals surface area contributed by atoms with Gasteiger partial charge in [0, 0.05) is 11.5 Å². The van der Waals surface area contributed by atoms with Crippen LogP contribution >= 0.6 is 0 Å². The molecule has 2 nitrogen and oxygen atoms in total. The number of ether oxygens (including phenoxy) is 1. The van der Waals surface area contributed by atoms with Gasteiger partial charge in [0.1, 0.15) is 29.5 Å². The van der Waals surface area contributed by atoms with E-state index in [0.29, 0.717) is 16.7 Å². The van der Waals surface area contributed by atoms with Crippen LogP contribution in [0.15, 0.2) is 52.9 Å². The van der Waals surface area contributed by atoms with Crippen molar-refractivity contribution < 1.29 is 26.7 Å². The van der Waals surface area contributed by atoms with Gasteiger partial charge in [-0.2, -0.15) is 13.2 Å². The first-order valence-corrected chi connectivity index (χ1v) is 6.40. The molecule has 0 radical (unpaired) electrons. The maximum Gasteiger partial charge on any atom is 0.419 e. The molecule has 0 bridgehead atoms. The summed E-state index contributed by atoms with van der Waals surface area (Å²) >= 11 is 0.